The number of hydrogen-bond acceptors (Lipinski definition) is 3. The molecule has 0 bridgehead atoms. The van der Waals surface area contributed by atoms with Gasteiger partial charge in [0.25, 0.3) is 0 Å². The van der Waals surface area contributed by atoms with Crippen LogP contribution in [0.25, 0.3) is 0 Å². The van der Waals surface area contributed by atoms with Crippen LogP contribution in [0.15, 0.2) is 12.1 Å². The molecule has 0 aliphatic rings. The molecule has 0 heterocycles. The molecule has 3 heteroatoms. The lowest BCUT2D eigenvalue weighted by Crippen LogP contribution is -2.33. The number of ether oxygens (including phenoxy) is 2. The molecule has 0 saturated heterocycles. The van der Waals surface area contributed by atoms with E-state index in [1.807, 2.05) is 0 Å². The third-order valence-electron chi connectivity index (χ3n) is 3.51. The van der Waals surface area contributed by atoms with E-state index >= 15 is 0 Å². The van der Waals surface area contributed by atoms with Gasteiger partial charge in [0.2, 0.25) is 0 Å². The number of methoxy groups -OCH3 is 2. The number of aryl methyl sites for hydroxylation is 3. The Kier molecular flexibility index (Phi) is 6.49. The van der Waals surface area contributed by atoms with E-state index in [-0.39, 0.29) is 6.10 Å². The van der Waals surface area contributed by atoms with Gasteiger partial charge in [0.05, 0.1) is 12.7 Å². The number of nitrogens with one attached hydrogen (secondary N) is 1. The van der Waals surface area contributed by atoms with Crippen molar-refractivity contribution < 1.29 is 9.47 Å². The Balaban J connectivity index is 2.70. The van der Waals surface area contributed by atoms with Gasteiger partial charge in [-0.1, -0.05) is 17.7 Å². The molecule has 1 rings (SSSR count). The lowest BCUT2D eigenvalue weighted by atomic mass is 9.95. The molecule has 108 valence electrons. The third kappa shape index (κ3) is 4.60. The summed E-state index contributed by atoms with van der Waals surface area (Å²) < 4.78 is 10.5. The first-order valence-electron chi connectivity index (χ1n) is 6.82. The number of hydrogen-bond donors (Lipinski definition) is 1. The minimum absolute atomic E-state index is 0.0958. The lowest BCUT2D eigenvalue weighted by molar-refractivity contribution is 0.0276. The molecular weight excluding hydrogens is 238 g/mol. The van der Waals surface area contributed by atoms with Crippen molar-refractivity contribution in [1.82, 2.24) is 5.32 Å². The fourth-order valence-corrected chi connectivity index (χ4v) is 2.68. The van der Waals surface area contributed by atoms with Gasteiger partial charge >= 0.3 is 0 Å². The van der Waals surface area contributed by atoms with Crippen LogP contribution < -0.4 is 5.32 Å². The van der Waals surface area contributed by atoms with E-state index in [0.717, 1.165) is 6.54 Å². The van der Waals surface area contributed by atoms with Gasteiger partial charge in [-0.15, -0.1) is 0 Å². The van der Waals surface area contributed by atoms with Crippen LogP contribution >= 0.6 is 0 Å². The van der Waals surface area contributed by atoms with Crippen LogP contribution in [0.4, 0.5) is 0 Å². The van der Waals surface area contributed by atoms with Gasteiger partial charge in [0.15, 0.2) is 0 Å². The molecule has 1 N–H and O–H groups in total. The molecule has 2 atom stereocenters. The van der Waals surface area contributed by atoms with E-state index in [1.165, 1.54) is 22.3 Å². The normalized spacial score (nSPS) is 14.4. The van der Waals surface area contributed by atoms with Crippen molar-refractivity contribution in [3.8, 4) is 0 Å². The van der Waals surface area contributed by atoms with Crippen molar-refractivity contribution in [2.45, 2.75) is 39.8 Å². The summed E-state index contributed by atoms with van der Waals surface area (Å²) in [7, 11) is 3.42. The minimum atomic E-state index is 0.0958. The highest BCUT2D eigenvalue weighted by atomic mass is 16.5. The van der Waals surface area contributed by atoms with Crippen molar-refractivity contribution in [2.75, 3.05) is 27.4 Å². The predicted molar refractivity (Wildman–Crippen MR) is 79.7 cm³/mol. The van der Waals surface area contributed by atoms with E-state index in [1.54, 1.807) is 14.2 Å². The van der Waals surface area contributed by atoms with Gasteiger partial charge in [-0.05, 0) is 44.4 Å². The van der Waals surface area contributed by atoms with Crippen LogP contribution in [0.1, 0.15) is 35.2 Å². The fraction of sp³-hybridized carbons (Fsp3) is 0.625. The molecule has 3 nitrogen and oxygen atoms in total. The summed E-state index contributed by atoms with van der Waals surface area (Å²) in [5.74, 6) is 0. The Morgan fingerprint density at radius 2 is 1.68 bits per heavy atom. The summed E-state index contributed by atoms with van der Waals surface area (Å²) in [5, 5.41) is 3.53. The maximum absolute atomic E-state index is 5.37. The molecule has 0 fully saturated rings. The summed E-state index contributed by atoms with van der Waals surface area (Å²) in [6.45, 7) is 10.1. The zero-order valence-corrected chi connectivity index (χ0v) is 13.0. The van der Waals surface area contributed by atoms with Crippen LogP contribution in [0.5, 0.6) is 0 Å². The SMILES string of the molecule is COCC(CNC(C)c1c(C)cc(C)cc1C)OC. The largest absolute Gasteiger partial charge is 0.382 e. The second kappa shape index (κ2) is 7.63. The second-order valence-electron chi connectivity index (χ2n) is 5.26. The van der Waals surface area contributed by atoms with E-state index in [2.05, 4.69) is 45.1 Å². The third-order valence-corrected chi connectivity index (χ3v) is 3.51. The molecule has 0 amide bonds. The second-order valence-corrected chi connectivity index (χ2v) is 5.26. The van der Waals surface area contributed by atoms with E-state index in [0.29, 0.717) is 12.6 Å². The molecular formula is C16H27NO2. The van der Waals surface area contributed by atoms with Crippen LogP contribution in [0.2, 0.25) is 0 Å². The van der Waals surface area contributed by atoms with Crippen LogP contribution in [-0.2, 0) is 9.47 Å². The van der Waals surface area contributed by atoms with Crippen LogP contribution in [-0.4, -0.2) is 33.5 Å². The van der Waals surface area contributed by atoms with Crippen molar-refractivity contribution >= 4 is 0 Å². The Morgan fingerprint density at radius 1 is 1.11 bits per heavy atom. The molecule has 1 aromatic carbocycles. The van der Waals surface area contributed by atoms with Gasteiger partial charge in [-0.3, -0.25) is 0 Å². The van der Waals surface area contributed by atoms with Crippen molar-refractivity contribution in [3.63, 3.8) is 0 Å². The fourth-order valence-electron chi connectivity index (χ4n) is 2.68. The summed E-state index contributed by atoms with van der Waals surface area (Å²) in [5.41, 5.74) is 5.40. The number of benzene rings is 1. The van der Waals surface area contributed by atoms with Crippen LogP contribution in [0, 0.1) is 20.8 Å². The predicted octanol–water partition coefficient (Wildman–Crippen LogP) is 2.92. The van der Waals surface area contributed by atoms with Gasteiger partial charge in [-0.2, -0.15) is 0 Å². The zero-order valence-electron chi connectivity index (χ0n) is 13.0. The standard InChI is InChI=1S/C16H27NO2/c1-11-7-12(2)16(13(3)8-11)14(4)17-9-15(19-6)10-18-5/h7-8,14-15,17H,9-10H2,1-6H3. The van der Waals surface area contributed by atoms with Gasteiger partial charge in [-0.25, -0.2) is 0 Å². The highest BCUT2D eigenvalue weighted by Gasteiger charge is 2.14. The summed E-state index contributed by atoms with van der Waals surface area (Å²) >= 11 is 0. The van der Waals surface area contributed by atoms with Crippen molar-refractivity contribution in [2.24, 2.45) is 0 Å². The topological polar surface area (TPSA) is 30.5 Å². The average molecular weight is 265 g/mol. The van der Waals surface area contributed by atoms with E-state index < -0.39 is 0 Å². The van der Waals surface area contributed by atoms with E-state index in [4.69, 9.17) is 9.47 Å². The average Bonchev–Trinajstić information content (AvgIpc) is 2.33. The molecule has 0 aliphatic heterocycles. The summed E-state index contributed by atoms with van der Waals surface area (Å²) in [4.78, 5) is 0. The zero-order chi connectivity index (χ0) is 14.4. The molecule has 0 radical (unpaired) electrons. The first kappa shape index (κ1) is 16.2. The summed E-state index contributed by atoms with van der Waals surface area (Å²) in [6.07, 6.45) is 0.0958. The lowest BCUT2D eigenvalue weighted by Gasteiger charge is -2.22. The molecule has 0 saturated carbocycles. The maximum atomic E-state index is 5.37. The van der Waals surface area contributed by atoms with Gasteiger partial charge < -0.3 is 14.8 Å². The quantitative estimate of drug-likeness (QED) is 0.822. The monoisotopic (exact) mass is 265 g/mol. The van der Waals surface area contributed by atoms with Crippen molar-refractivity contribution in [1.29, 1.82) is 0 Å². The Bertz CT molecular complexity index is 381. The van der Waals surface area contributed by atoms with Crippen LogP contribution in [0.3, 0.4) is 0 Å². The van der Waals surface area contributed by atoms with Crippen molar-refractivity contribution in [3.05, 3.63) is 34.4 Å². The Morgan fingerprint density at radius 3 is 2.16 bits per heavy atom. The van der Waals surface area contributed by atoms with Gasteiger partial charge in [0, 0.05) is 26.8 Å². The first-order chi connectivity index (χ1) is 8.99. The summed E-state index contributed by atoms with van der Waals surface area (Å²) in [6, 6.07) is 4.79. The Labute approximate surface area is 117 Å². The number of rotatable bonds is 7. The molecule has 1 aromatic rings. The maximum Gasteiger partial charge on any atom is 0.0928 e. The highest BCUT2D eigenvalue weighted by molar-refractivity contribution is 5.39. The molecule has 19 heavy (non-hydrogen) atoms. The highest BCUT2D eigenvalue weighted by Crippen LogP contribution is 2.23. The molecule has 2 unspecified atom stereocenters. The molecule has 0 aliphatic carbocycles. The first-order valence-corrected chi connectivity index (χ1v) is 6.82. The molecule has 0 spiro atoms. The van der Waals surface area contributed by atoms with Gasteiger partial charge in [0.1, 0.15) is 0 Å². The Hall–Kier alpha value is -0.900. The molecule has 0 aromatic heterocycles. The smallest absolute Gasteiger partial charge is 0.0928 e. The van der Waals surface area contributed by atoms with E-state index in [9.17, 15) is 0 Å². The minimum Gasteiger partial charge on any atom is -0.382 e.